The number of urea groups is 1. The van der Waals surface area contributed by atoms with Gasteiger partial charge in [0.25, 0.3) is 0 Å². The van der Waals surface area contributed by atoms with Crippen LogP contribution in [-0.4, -0.2) is 44.3 Å². The van der Waals surface area contributed by atoms with Crippen LogP contribution in [0.5, 0.6) is 0 Å². The van der Waals surface area contributed by atoms with E-state index >= 15 is 0 Å². The topological polar surface area (TPSA) is 110 Å². The Morgan fingerprint density at radius 1 is 1.14 bits per heavy atom. The summed E-state index contributed by atoms with van der Waals surface area (Å²) in [6.07, 6.45) is 4.94. The van der Waals surface area contributed by atoms with E-state index in [0.29, 0.717) is 12.2 Å². The fraction of sp³-hybridized carbons (Fsp3) is 0.286. The quantitative estimate of drug-likeness (QED) is 0.391. The van der Waals surface area contributed by atoms with E-state index in [0.717, 1.165) is 34.5 Å². The van der Waals surface area contributed by atoms with Crippen LogP contribution in [0.4, 0.5) is 10.6 Å². The molecule has 0 aliphatic heterocycles. The summed E-state index contributed by atoms with van der Waals surface area (Å²) in [6.45, 7) is 1.98. The van der Waals surface area contributed by atoms with Gasteiger partial charge in [0, 0.05) is 36.3 Å². The summed E-state index contributed by atoms with van der Waals surface area (Å²) < 4.78 is 9.21. The normalized spacial score (nSPS) is 18.9. The molecule has 0 radical (unpaired) electrons. The second-order valence-corrected chi connectivity index (χ2v) is 9.26. The molecule has 2 N–H and O–H groups in total. The standard InChI is InChI=1S/C28H29N7O2/c1-19-26(21-17-30-34(2)18-21)33-35(22-11-7-4-8-12-22)27(19)32-28(36)31-25-16-23(37-14-13-29)15-24(25)20-9-5-3-6-10-20/h3-12,17-18,23-25H,14-16H2,1-2H3,(H2,31,32,36)/t23-,24-,25+/m0/s1. The van der Waals surface area contributed by atoms with E-state index in [1.54, 1.807) is 15.6 Å². The van der Waals surface area contributed by atoms with Gasteiger partial charge >= 0.3 is 6.03 Å². The fourth-order valence-corrected chi connectivity index (χ4v) is 5.04. The minimum Gasteiger partial charge on any atom is -0.363 e. The molecular weight excluding hydrogens is 466 g/mol. The van der Waals surface area contributed by atoms with Crippen LogP contribution in [0.15, 0.2) is 73.1 Å². The van der Waals surface area contributed by atoms with Crippen molar-refractivity contribution < 1.29 is 9.53 Å². The molecule has 0 spiro atoms. The van der Waals surface area contributed by atoms with E-state index in [1.165, 1.54) is 0 Å². The van der Waals surface area contributed by atoms with Crippen molar-refractivity contribution in [3.05, 3.63) is 84.2 Å². The van der Waals surface area contributed by atoms with Crippen LogP contribution in [0.1, 0.15) is 29.9 Å². The number of amides is 2. The van der Waals surface area contributed by atoms with E-state index in [1.807, 2.05) is 74.8 Å². The monoisotopic (exact) mass is 495 g/mol. The van der Waals surface area contributed by atoms with Crippen molar-refractivity contribution in [2.45, 2.75) is 37.8 Å². The summed E-state index contributed by atoms with van der Waals surface area (Å²) >= 11 is 0. The number of anilines is 1. The van der Waals surface area contributed by atoms with Crippen LogP contribution < -0.4 is 10.6 Å². The van der Waals surface area contributed by atoms with E-state index in [2.05, 4.69) is 27.9 Å². The van der Waals surface area contributed by atoms with Gasteiger partial charge in [0.2, 0.25) is 0 Å². The summed E-state index contributed by atoms with van der Waals surface area (Å²) in [5, 5.41) is 24.3. The number of para-hydroxylation sites is 1. The number of hydrogen-bond acceptors (Lipinski definition) is 5. The third-order valence-corrected chi connectivity index (χ3v) is 6.78. The maximum Gasteiger partial charge on any atom is 0.320 e. The molecule has 37 heavy (non-hydrogen) atoms. The Morgan fingerprint density at radius 2 is 1.86 bits per heavy atom. The summed E-state index contributed by atoms with van der Waals surface area (Å²) in [7, 11) is 1.86. The summed E-state index contributed by atoms with van der Waals surface area (Å²) in [4.78, 5) is 13.4. The minimum absolute atomic E-state index is 0.0394. The molecule has 1 aliphatic carbocycles. The number of rotatable bonds is 7. The van der Waals surface area contributed by atoms with Gasteiger partial charge in [0.15, 0.2) is 0 Å². The molecule has 1 aliphatic rings. The number of carbonyl (C=O) groups excluding carboxylic acids is 1. The molecule has 2 amide bonds. The molecule has 0 bridgehead atoms. The van der Waals surface area contributed by atoms with Crippen molar-refractivity contribution >= 4 is 11.8 Å². The Morgan fingerprint density at radius 3 is 2.54 bits per heavy atom. The molecule has 2 aromatic heterocycles. The molecule has 1 saturated carbocycles. The Hall–Kier alpha value is -4.42. The van der Waals surface area contributed by atoms with Crippen LogP contribution in [0.25, 0.3) is 16.9 Å². The average molecular weight is 496 g/mol. The number of nitrogens with one attached hydrogen (secondary N) is 2. The van der Waals surface area contributed by atoms with Crippen LogP contribution in [0.2, 0.25) is 0 Å². The average Bonchev–Trinajstić information content (AvgIpc) is 3.61. The van der Waals surface area contributed by atoms with Gasteiger partial charge in [0.1, 0.15) is 18.1 Å². The van der Waals surface area contributed by atoms with Gasteiger partial charge in [-0.2, -0.15) is 15.5 Å². The lowest BCUT2D eigenvalue weighted by Gasteiger charge is -2.21. The molecular formula is C28H29N7O2. The number of aromatic nitrogens is 4. The second-order valence-electron chi connectivity index (χ2n) is 9.26. The second kappa shape index (κ2) is 10.7. The van der Waals surface area contributed by atoms with Crippen molar-refractivity contribution in [3.8, 4) is 23.0 Å². The highest BCUT2D eigenvalue weighted by Gasteiger charge is 2.37. The maximum atomic E-state index is 13.4. The van der Waals surface area contributed by atoms with Crippen molar-refractivity contribution in [2.75, 3.05) is 11.9 Å². The number of benzene rings is 2. The largest absolute Gasteiger partial charge is 0.363 e. The summed E-state index contributed by atoms with van der Waals surface area (Å²) in [6, 6.07) is 21.4. The lowest BCUT2D eigenvalue weighted by atomic mass is 9.94. The SMILES string of the molecule is Cc1c(-c2cnn(C)c2)nn(-c2ccccc2)c1NC(=O)N[C@@H]1C[C@@H](OCC#N)C[C@H]1c1ccccc1. The highest BCUT2D eigenvalue weighted by molar-refractivity contribution is 5.91. The number of carbonyl (C=O) groups is 1. The van der Waals surface area contributed by atoms with Gasteiger partial charge in [0.05, 0.1) is 24.1 Å². The zero-order chi connectivity index (χ0) is 25.8. The summed E-state index contributed by atoms with van der Waals surface area (Å²) in [5.74, 6) is 0.677. The van der Waals surface area contributed by atoms with Gasteiger partial charge in [-0.1, -0.05) is 48.5 Å². The first-order valence-electron chi connectivity index (χ1n) is 12.3. The lowest BCUT2D eigenvalue weighted by Crippen LogP contribution is -2.40. The van der Waals surface area contributed by atoms with Gasteiger partial charge in [-0.05, 0) is 37.5 Å². The number of hydrogen-bond donors (Lipinski definition) is 2. The van der Waals surface area contributed by atoms with Gasteiger partial charge in [-0.3, -0.25) is 10.00 Å². The van der Waals surface area contributed by atoms with E-state index in [4.69, 9.17) is 15.1 Å². The van der Waals surface area contributed by atoms with Gasteiger partial charge in [-0.25, -0.2) is 9.48 Å². The Kier molecular flexibility index (Phi) is 7.01. The molecule has 188 valence electrons. The highest BCUT2D eigenvalue weighted by atomic mass is 16.5. The first-order chi connectivity index (χ1) is 18.0. The Labute approximate surface area is 215 Å². The molecule has 3 atom stereocenters. The molecule has 5 rings (SSSR count). The molecule has 9 heteroatoms. The molecule has 2 aromatic carbocycles. The predicted molar refractivity (Wildman–Crippen MR) is 140 cm³/mol. The van der Waals surface area contributed by atoms with Crippen LogP contribution in [-0.2, 0) is 11.8 Å². The summed E-state index contributed by atoms with van der Waals surface area (Å²) in [5.41, 5.74) is 4.44. The third-order valence-electron chi connectivity index (χ3n) is 6.78. The molecule has 9 nitrogen and oxygen atoms in total. The van der Waals surface area contributed by atoms with Gasteiger partial charge in [-0.15, -0.1) is 0 Å². The molecule has 1 fully saturated rings. The first-order valence-corrected chi connectivity index (χ1v) is 12.3. The Bertz CT molecular complexity index is 1410. The molecule has 0 unspecified atom stereocenters. The molecule has 0 saturated heterocycles. The van der Waals surface area contributed by atoms with E-state index in [-0.39, 0.29) is 30.7 Å². The number of nitriles is 1. The van der Waals surface area contributed by atoms with Crippen molar-refractivity contribution in [3.63, 3.8) is 0 Å². The van der Waals surface area contributed by atoms with Crippen LogP contribution in [0, 0.1) is 18.3 Å². The Balaban J connectivity index is 1.41. The lowest BCUT2D eigenvalue weighted by molar-refractivity contribution is 0.0804. The zero-order valence-electron chi connectivity index (χ0n) is 20.8. The van der Waals surface area contributed by atoms with E-state index in [9.17, 15) is 4.79 Å². The maximum absolute atomic E-state index is 13.4. The van der Waals surface area contributed by atoms with Crippen LogP contribution >= 0.6 is 0 Å². The van der Waals surface area contributed by atoms with Crippen molar-refractivity contribution in [1.82, 2.24) is 24.9 Å². The smallest absolute Gasteiger partial charge is 0.320 e. The first kappa shape index (κ1) is 24.3. The minimum atomic E-state index is -0.315. The fourth-order valence-electron chi connectivity index (χ4n) is 5.04. The number of aryl methyl sites for hydroxylation is 1. The van der Waals surface area contributed by atoms with Gasteiger partial charge < -0.3 is 10.1 Å². The molecule has 4 aromatic rings. The van der Waals surface area contributed by atoms with Crippen LogP contribution in [0.3, 0.4) is 0 Å². The zero-order valence-corrected chi connectivity index (χ0v) is 20.8. The number of ether oxygens (including phenoxy) is 1. The predicted octanol–water partition coefficient (Wildman–Crippen LogP) is 4.56. The van der Waals surface area contributed by atoms with Crippen molar-refractivity contribution in [2.24, 2.45) is 7.05 Å². The van der Waals surface area contributed by atoms with E-state index < -0.39 is 0 Å². The third kappa shape index (κ3) is 5.25. The van der Waals surface area contributed by atoms with Crippen molar-refractivity contribution in [1.29, 1.82) is 5.26 Å². The highest BCUT2D eigenvalue weighted by Crippen LogP contribution is 2.37. The number of nitrogens with zero attached hydrogens (tertiary/aromatic N) is 5. The molecule has 2 heterocycles.